The fourth-order valence-corrected chi connectivity index (χ4v) is 4.61. The summed E-state index contributed by atoms with van der Waals surface area (Å²) in [5.41, 5.74) is 10.8. The van der Waals surface area contributed by atoms with E-state index in [0.29, 0.717) is 0 Å². The van der Waals surface area contributed by atoms with Gasteiger partial charge in [-0.1, -0.05) is 53.1 Å². The third kappa shape index (κ3) is 4.34. The maximum atomic E-state index is 12.9. The van der Waals surface area contributed by atoms with Crippen LogP contribution in [0.2, 0.25) is 0 Å². The lowest BCUT2D eigenvalue weighted by molar-refractivity contribution is -0.213. The zero-order chi connectivity index (χ0) is 21.1. The van der Waals surface area contributed by atoms with Gasteiger partial charge < -0.3 is 14.2 Å². The number of azide groups is 1. The van der Waals surface area contributed by atoms with Gasteiger partial charge >= 0.3 is 0 Å². The van der Waals surface area contributed by atoms with Crippen LogP contribution in [0.15, 0.2) is 64.6 Å². The molecule has 2 aromatic carbocycles. The first-order chi connectivity index (χ1) is 14.5. The minimum Gasteiger partial charge on any atom is -0.365 e. The molecule has 10 heteroatoms. The van der Waals surface area contributed by atoms with Crippen molar-refractivity contribution in [3.05, 3.63) is 76.2 Å². The van der Waals surface area contributed by atoms with Gasteiger partial charge in [-0.15, -0.1) is 0 Å². The van der Waals surface area contributed by atoms with E-state index >= 15 is 0 Å². The summed E-state index contributed by atoms with van der Waals surface area (Å²) in [6.07, 6.45) is -3.43. The van der Waals surface area contributed by atoms with Gasteiger partial charge in [-0.25, -0.2) is 0 Å². The molecule has 5 atom stereocenters. The van der Waals surface area contributed by atoms with Crippen molar-refractivity contribution in [3.63, 3.8) is 0 Å². The van der Waals surface area contributed by atoms with Crippen molar-refractivity contribution in [1.29, 1.82) is 0 Å². The fraction of sp³-hybridized carbons (Fsp3) is 0.400. The van der Waals surface area contributed by atoms with Gasteiger partial charge in [0.1, 0.15) is 12.2 Å². The number of rotatable bonds is 7. The van der Waals surface area contributed by atoms with E-state index in [1.54, 1.807) is 12.1 Å². The Kier molecular flexibility index (Phi) is 6.05. The molecule has 0 aliphatic carbocycles. The van der Waals surface area contributed by atoms with Crippen LogP contribution in [0.3, 0.4) is 0 Å². The molecule has 0 saturated carbocycles. The summed E-state index contributed by atoms with van der Waals surface area (Å²) in [6, 6.07) is 14.8. The van der Waals surface area contributed by atoms with E-state index in [9.17, 15) is 8.42 Å². The van der Waals surface area contributed by atoms with Gasteiger partial charge in [-0.2, -0.15) is 8.42 Å². The van der Waals surface area contributed by atoms with Crippen molar-refractivity contribution in [2.24, 2.45) is 5.11 Å². The van der Waals surface area contributed by atoms with Gasteiger partial charge in [0.05, 0.1) is 30.3 Å². The van der Waals surface area contributed by atoms with Crippen LogP contribution in [0.5, 0.6) is 0 Å². The van der Waals surface area contributed by atoms with E-state index in [1.807, 2.05) is 37.3 Å². The zero-order valence-electron chi connectivity index (χ0n) is 16.2. The van der Waals surface area contributed by atoms with Gasteiger partial charge in [-0.3, -0.25) is 4.18 Å². The normalized spacial score (nSPS) is 28.1. The van der Waals surface area contributed by atoms with E-state index in [2.05, 4.69) is 10.0 Å². The second-order valence-electron chi connectivity index (χ2n) is 7.16. The predicted molar refractivity (Wildman–Crippen MR) is 106 cm³/mol. The molecule has 0 spiro atoms. The van der Waals surface area contributed by atoms with Crippen molar-refractivity contribution in [2.75, 3.05) is 6.61 Å². The SMILES string of the molecule is Cc1ccc(S(=O)(=O)O[C@H]2[C@H](N=[N+]=[N-])[C@H]3CO[C@H](O3)[C@@H]2OCc2ccccc2)cc1. The van der Waals surface area contributed by atoms with Crippen molar-refractivity contribution in [1.82, 2.24) is 0 Å². The molecule has 30 heavy (non-hydrogen) atoms. The number of fused-ring (bicyclic) bond motifs is 2. The van der Waals surface area contributed by atoms with Crippen LogP contribution < -0.4 is 0 Å². The minimum atomic E-state index is -4.14. The van der Waals surface area contributed by atoms with Crippen LogP contribution in [0, 0.1) is 6.92 Å². The highest BCUT2D eigenvalue weighted by atomic mass is 32.2. The molecule has 2 fully saturated rings. The highest BCUT2D eigenvalue weighted by Crippen LogP contribution is 2.35. The summed E-state index contributed by atoms with van der Waals surface area (Å²) >= 11 is 0. The topological polar surface area (TPSA) is 120 Å². The van der Waals surface area contributed by atoms with Crippen molar-refractivity contribution in [3.8, 4) is 0 Å². The average molecular weight is 431 g/mol. The number of benzene rings is 2. The summed E-state index contributed by atoms with van der Waals surface area (Å²) < 4.78 is 48.7. The molecule has 2 bridgehead atoms. The molecule has 158 valence electrons. The van der Waals surface area contributed by atoms with Crippen LogP contribution in [0.4, 0.5) is 0 Å². The van der Waals surface area contributed by atoms with Crippen LogP contribution >= 0.6 is 0 Å². The average Bonchev–Trinajstić information content (AvgIpc) is 3.17. The van der Waals surface area contributed by atoms with E-state index in [0.717, 1.165) is 11.1 Å². The maximum absolute atomic E-state index is 12.9. The number of ether oxygens (including phenoxy) is 3. The molecule has 9 nitrogen and oxygen atoms in total. The molecule has 0 radical (unpaired) electrons. The Labute approximate surface area is 174 Å². The molecule has 4 rings (SSSR count). The molecular weight excluding hydrogens is 410 g/mol. The number of hydrogen-bond acceptors (Lipinski definition) is 7. The quantitative estimate of drug-likeness (QED) is 0.288. The largest absolute Gasteiger partial charge is 0.365 e. The predicted octanol–water partition coefficient (Wildman–Crippen LogP) is 3.09. The third-order valence-corrected chi connectivity index (χ3v) is 6.39. The molecule has 2 heterocycles. The van der Waals surface area contributed by atoms with Crippen LogP contribution in [0.1, 0.15) is 11.1 Å². The lowest BCUT2D eigenvalue weighted by atomic mass is 9.99. The second-order valence-corrected chi connectivity index (χ2v) is 8.73. The van der Waals surface area contributed by atoms with Gasteiger partial charge in [0.15, 0.2) is 6.29 Å². The monoisotopic (exact) mass is 431 g/mol. The van der Waals surface area contributed by atoms with Crippen molar-refractivity contribution < 1.29 is 26.8 Å². The van der Waals surface area contributed by atoms with Gasteiger partial charge in [-0.05, 0) is 30.2 Å². The van der Waals surface area contributed by atoms with Gasteiger partial charge in [0.2, 0.25) is 0 Å². The third-order valence-electron chi connectivity index (χ3n) is 5.06. The minimum absolute atomic E-state index is 0.00866. The summed E-state index contributed by atoms with van der Waals surface area (Å²) in [4.78, 5) is 2.86. The Morgan fingerprint density at radius 3 is 2.57 bits per heavy atom. The van der Waals surface area contributed by atoms with Crippen LogP contribution in [0.25, 0.3) is 10.4 Å². The summed E-state index contributed by atoms with van der Waals surface area (Å²) in [6.45, 7) is 2.20. The number of hydrogen-bond donors (Lipinski definition) is 0. The highest BCUT2D eigenvalue weighted by Gasteiger charge is 2.53. The maximum Gasteiger partial charge on any atom is 0.297 e. The van der Waals surface area contributed by atoms with Crippen LogP contribution in [-0.2, 0) is 35.1 Å². The Morgan fingerprint density at radius 2 is 1.87 bits per heavy atom. The fourth-order valence-electron chi connectivity index (χ4n) is 3.51. The molecular formula is C20H21N3O6S. The zero-order valence-corrected chi connectivity index (χ0v) is 17.0. The lowest BCUT2D eigenvalue weighted by Gasteiger charge is -2.38. The number of aryl methyl sites for hydroxylation is 1. The summed E-state index contributed by atoms with van der Waals surface area (Å²) in [7, 11) is -4.14. The van der Waals surface area contributed by atoms with E-state index in [-0.39, 0.29) is 18.1 Å². The Bertz CT molecular complexity index is 1020. The molecule has 2 aliphatic heterocycles. The summed E-state index contributed by atoms with van der Waals surface area (Å²) in [5, 5.41) is 3.75. The Hall–Kier alpha value is -2.46. The van der Waals surface area contributed by atoms with Gasteiger partial charge in [0.25, 0.3) is 10.1 Å². The van der Waals surface area contributed by atoms with Gasteiger partial charge in [0, 0.05) is 4.91 Å². The van der Waals surface area contributed by atoms with E-state index in [1.165, 1.54) is 12.1 Å². The van der Waals surface area contributed by atoms with Crippen molar-refractivity contribution in [2.45, 2.75) is 49.1 Å². The standard InChI is InChI=1S/C20H21N3O6S/c1-13-7-9-15(10-8-13)30(24,25)29-18-17(22-23-21)16-12-27-20(28-16)19(18)26-11-14-5-3-2-4-6-14/h2-10,16-20H,11-12H2,1H3/t16-,17-,18+,19-,20-/m1/s1. The molecule has 0 amide bonds. The lowest BCUT2D eigenvalue weighted by Crippen LogP contribution is -2.55. The Balaban J connectivity index is 1.62. The number of nitrogens with zero attached hydrogens (tertiary/aromatic N) is 3. The highest BCUT2D eigenvalue weighted by molar-refractivity contribution is 7.86. The molecule has 0 unspecified atom stereocenters. The molecule has 2 saturated heterocycles. The molecule has 0 N–H and O–H groups in total. The van der Waals surface area contributed by atoms with Crippen molar-refractivity contribution >= 4 is 10.1 Å². The smallest absolute Gasteiger partial charge is 0.297 e. The Morgan fingerprint density at radius 1 is 1.13 bits per heavy atom. The molecule has 0 aromatic heterocycles. The first-order valence-corrected chi connectivity index (χ1v) is 10.9. The van der Waals surface area contributed by atoms with Crippen LogP contribution in [-0.4, -0.2) is 45.7 Å². The first-order valence-electron chi connectivity index (χ1n) is 9.45. The molecule has 2 aliphatic rings. The summed E-state index contributed by atoms with van der Waals surface area (Å²) in [5.74, 6) is 0. The van der Waals surface area contributed by atoms with E-state index in [4.69, 9.17) is 23.9 Å². The molecule has 2 aromatic rings. The second kappa shape index (κ2) is 8.73. The first kappa shape index (κ1) is 20.8. The van der Waals surface area contributed by atoms with E-state index < -0.39 is 40.8 Å².